The minimum atomic E-state index is -0.650. The first kappa shape index (κ1) is 11.0. The van der Waals surface area contributed by atoms with Crippen molar-refractivity contribution in [1.82, 2.24) is 15.5 Å². The molecule has 3 amide bonds. The second kappa shape index (κ2) is 3.45. The Balaban J connectivity index is 1.98. The van der Waals surface area contributed by atoms with Crippen molar-refractivity contribution in [2.24, 2.45) is 0 Å². The molecule has 3 atom stereocenters. The van der Waals surface area contributed by atoms with Gasteiger partial charge in [-0.2, -0.15) is 0 Å². The minimum absolute atomic E-state index is 0.123. The number of amides is 3. The van der Waals surface area contributed by atoms with Crippen LogP contribution >= 0.6 is 0 Å². The highest BCUT2D eigenvalue weighted by atomic mass is 16.2. The van der Waals surface area contributed by atoms with E-state index in [4.69, 9.17) is 0 Å². The van der Waals surface area contributed by atoms with E-state index in [1.54, 1.807) is 0 Å². The van der Waals surface area contributed by atoms with E-state index in [1.165, 1.54) is 0 Å². The maximum absolute atomic E-state index is 12.1. The molecule has 17 heavy (non-hydrogen) atoms. The molecule has 0 radical (unpaired) electrons. The average molecular weight is 237 g/mol. The summed E-state index contributed by atoms with van der Waals surface area (Å²) in [5.74, 6) is -0.123. The fourth-order valence-electron chi connectivity index (χ4n) is 3.98. The van der Waals surface area contributed by atoms with Crippen LogP contribution in [0.4, 0.5) is 4.79 Å². The van der Waals surface area contributed by atoms with Gasteiger partial charge in [0.25, 0.3) is 5.91 Å². The molecule has 0 aromatic carbocycles. The summed E-state index contributed by atoms with van der Waals surface area (Å²) in [6.45, 7) is 4.33. The summed E-state index contributed by atoms with van der Waals surface area (Å²) < 4.78 is 0. The van der Waals surface area contributed by atoms with Crippen molar-refractivity contribution in [3.8, 4) is 0 Å². The number of imide groups is 1. The fourth-order valence-corrected chi connectivity index (χ4v) is 3.98. The Labute approximate surface area is 101 Å². The Hall–Kier alpha value is -1.10. The summed E-state index contributed by atoms with van der Waals surface area (Å²) in [6, 6.07) is 0.715. The molecule has 2 N–H and O–H groups in total. The fraction of sp³-hybridized carbons (Fsp3) is 0.833. The Morgan fingerprint density at radius 3 is 2.65 bits per heavy atom. The quantitative estimate of drug-likeness (QED) is 0.656. The Kier molecular flexibility index (Phi) is 2.23. The first-order valence-electron chi connectivity index (χ1n) is 6.45. The van der Waals surface area contributed by atoms with Gasteiger partial charge in [0.1, 0.15) is 5.54 Å². The molecule has 3 aliphatic heterocycles. The Bertz CT molecular complexity index is 382. The summed E-state index contributed by atoms with van der Waals surface area (Å²) >= 11 is 0. The van der Waals surface area contributed by atoms with E-state index < -0.39 is 5.54 Å². The average Bonchev–Trinajstić information content (AvgIpc) is 2.62. The van der Waals surface area contributed by atoms with Crippen molar-refractivity contribution < 1.29 is 9.59 Å². The molecule has 3 aliphatic rings. The van der Waals surface area contributed by atoms with Crippen LogP contribution in [0.25, 0.3) is 0 Å². The highest BCUT2D eigenvalue weighted by molar-refractivity contribution is 6.07. The Morgan fingerprint density at radius 2 is 2.12 bits per heavy atom. The van der Waals surface area contributed by atoms with E-state index in [2.05, 4.69) is 29.4 Å². The number of urea groups is 1. The summed E-state index contributed by atoms with van der Waals surface area (Å²) in [5, 5.41) is 5.30. The largest absolute Gasteiger partial charge is 0.322 e. The first-order valence-corrected chi connectivity index (χ1v) is 6.45. The van der Waals surface area contributed by atoms with Gasteiger partial charge in [0.2, 0.25) is 0 Å². The molecule has 0 saturated carbocycles. The maximum atomic E-state index is 12.1. The SMILES string of the molecule is CC(C)N1[C@H]2CCC[C@@H]1[C@@]1(C2)NC(=O)NC1=O. The number of piperidine rings is 1. The number of carbonyl (C=O) groups excluding carboxylic acids is 2. The molecule has 0 aromatic heterocycles. The van der Waals surface area contributed by atoms with Gasteiger partial charge in [0.05, 0.1) is 0 Å². The van der Waals surface area contributed by atoms with Gasteiger partial charge in [0, 0.05) is 18.1 Å². The molecule has 0 unspecified atom stereocenters. The third-order valence-corrected chi connectivity index (χ3v) is 4.49. The van der Waals surface area contributed by atoms with Gasteiger partial charge >= 0.3 is 6.03 Å². The monoisotopic (exact) mass is 237 g/mol. The highest BCUT2D eigenvalue weighted by Gasteiger charge is 2.61. The molecule has 1 spiro atoms. The predicted octanol–water partition coefficient (Wildman–Crippen LogP) is 0.600. The smallest absolute Gasteiger partial charge is 0.322 e. The lowest BCUT2D eigenvalue weighted by atomic mass is 9.88. The van der Waals surface area contributed by atoms with Crippen LogP contribution in [0.15, 0.2) is 0 Å². The van der Waals surface area contributed by atoms with Gasteiger partial charge in [-0.25, -0.2) is 4.79 Å². The van der Waals surface area contributed by atoms with Gasteiger partial charge in [-0.3, -0.25) is 15.0 Å². The standard InChI is InChI=1S/C12H19N3O2/c1-7(2)15-8-4-3-5-9(15)12(6-8)10(16)13-11(17)14-12/h7-9H,3-6H2,1-2H3,(H2,13,14,16,17)/t8-,9+,12+/m0/s1. The lowest BCUT2D eigenvalue weighted by Crippen LogP contribution is -2.58. The summed E-state index contributed by atoms with van der Waals surface area (Å²) in [6.07, 6.45) is 4.07. The third kappa shape index (κ3) is 1.35. The van der Waals surface area contributed by atoms with Gasteiger partial charge in [0.15, 0.2) is 0 Å². The molecule has 3 fully saturated rings. The van der Waals surface area contributed by atoms with E-state index in [9.17, 15) is 9.59 Å². The lowest BCUT2D eigenvalue weighted by molar-refractivity contribution is -0.125. The molecule has 0 aromatic rings. The molecule has 5 heteroatoms. The van der Waals surface area contributed by atoms with Crippen LogP contribution in [0.1, 0.15) is 39.5 Å². The number of hydrogen-bond acceptors (Lipinski definition) is 3. The van der Waals surface area contributed by atoms with Crippen molar-refractivity contribution >= 4 is 11.9 Å². The molecular formula is C12H19N3O2. The number of fused-ring (bicyclic) bond motifs is 3. The van der Waals surface area contributed by atoms with Crippen molar-refractivity contribution in [1.29, 1.82) is 0 Å². The second-order valence-corrected chi connectivity index (χ2v) is 5.73. The van der Waals surface area contributed by atoms with E-state index >= 15 is 0 Å². The van der Waals surface area contributed by atoms with Gasteiger partial charge < -0.3 is 5.32 Å². The van der Waals surface area contributed by atoms with E-state index in [-0.39, 0.29) is 18.0 Å². The van der Waals surface area contributed by atoms with Crippen LogP contribution < -0.4 is 10.6 Å². The van der Waals surface area contributed by atoms with Crippen molar-refractivity contribution in [3.05, 3.63) is 0 Å². The van der Waals surface area contributed by atoms with Gasteiger partial charge in [-0.05, 0) is 33.1 Å². The number of nitrogens with zero attached hydrogens (tertiary/aromatic N) is 1. The van der Waals surface area contributed by atoms with Gasteiger partial charge in [-0.1, -0.05) is 6.42 Å². The molecular weight excluding hydrogens is 218 g/mol. The molecule has 3 saturated heterocycles. The van der Waals surface area contributed by atoms with Crippen LogP contribution in [-0.4, -0.2) is 40.5 Å². The zero-order valence-electron chi connectivity index (χ0n) is 10.3. The molecule has 0 aliphatic carbocycles. The van der Waals surface area contributed by atoms with E-state index in [0.29, 0.717) is 12.1 Å². The summed E-state index contributed by atoms with van der Waals surface area (Å²) in [4.78, 5) is 25.9. The van der Waals surface area contributed by atoms with Crippen LogP contribution in [0.5, 0.6) is 0 Å². The van der Waals surface area contributed by atoms with E-state index in [0.717, 1.165) is 25.7 Å². The van der Waals surface area contributed by atoms with Crippen molar-refractivity contribution in [3.63, 3.8) is 0 Å². The summed E-state index contributed by atoms with van der Waals surface area (Å²) in [5.41, 5.74) is -0.650. The molecule has 3 heterocycles. The summed E-state index contributed by atoms with van der Waals surface area (Å²) in [7, 11) is 0. The molecule has 5 nitrogen and oxygen atoms in total. The molecule has 94 valence electrons. The number of nitrogens with one attached hydrogen (secondary N) is 2. The Morgan fingerprint density at radius 1 is 1.35 bits per heavy atom. The zero-order chi connectivity index (χ0) is 12.2. The third-order valence-electron chi connectivity index (χ3n) is 4.49. The van der Waals surface area contributed by atoms with Gasteiger partial charge in [-0.15, -0.1) is 0 Å². The molecule has 2 bridgehead atoms. The van der Waals surface area contributed by atoms with Crippen LogP contribution in [0.2, 0.25) is 0 Å². The topological polar surface area (TPSA) is 61.4 Å². The zero-order valence-corrected chi connectivity index (χ0v) is 10.3. The predicted molar refractivity (Wildman–Crippen MR) is 62.4 cm³/mol. The normalized spacial score (nSPS) is 41.1. The minimum Gasteiger partial charge on any atom is -0.322 e. The lowest BCUT2D eigenvalue weighted by Gasteiger charge is -2.40. The highest BCUT2D eigenvalue weighted by Crippen LogP contribution is 2.44. The van der Waals surface area contributed by atoms with Crippen LogP contribution in [0.3, 0.4) is 0 Å². The number of rotatable bonds is 1. The number of carbonyl (C=O) groups is 2. The van der Waals surface area contributed by atoms with Crippen LogP contribution in [-0.2, 0) is 4.79 Å². The van der Waals surface area contributed by atoms with Crippen molar-refractivity contribution in [2.75, 3.05) is 0 Å². The van der Waals surface area contributed by atoms with E-state index in [1.807, 2.05) is 0 Å². The second-order valence-electron chi connectivity index (χ2n) is 5.73. The molecule has 3 rings (SSSR count). The van der Waals surface area contributed by atoms with Crippen LogP contribution in [0, 0.1) is 0 Å². The number of hydrogen-bond donors (Lipinski definition) is 2. The maximum Gasteiger partial charge on any atom is 0.322 e. The first-order chi connectivity index (χ1) is 8.04. The van der Waals surface area contributed by atoms with Crippen molar-refractivity contribution in [2.45, 2.75) is 63.2 Å².